The van der Waals surface area contributed by atoms with Gasteiger partial charge in [-0.3, -0.25) is 0 Å². The van der Waals surface area contributed by atoms with E-state index in [9.17, 15) is 35.8 Å². The Morgan fingerprint density at radius 2 is 0.827 bits per heavy atom. The van der Waals surface area contributed by atoms with Gasteiger partial charge in [-0.1, -0.05) is 131 Å². The van der Waals surface area contributed by atoms with Gasteiger partial charge in [0.05, 0.1) is 81.8 Å². The fraction of sp³-hybridized carbons (Fsp3) is 0.383. The van der Waals surface area contributed by atoms with Gasteiger partial charge in [-0.2, -0.15) is 0 Å². The van der Waals surface area contributed by atoms with Crippen LogP contribution in [0.3, 0.4) is 0 Å². The van der Waals surface area contributed by atoms with Crippen molar-refractivity contribution in [1.29, 1.82) is 0 Å². The van der Waals surface area contributed by atoms with Crippen molar-refractivity contribution in [3.05, 3.63) is 169 Å². The van der Waals surface area contributed by atoms with Gasteiger partial charge in [0.15, 0.2) is 29.4 Å². The van der Waals surface area contributed by atoms with E-state index >= 15 is 0 Å². The summed E-state index contributed by atoms with van der Waals surface area (Å²) >= 11 is 0. The molecule has 0 atom stereocenters. The van der Waals surface area contributed by atoms with E-state index in [0.29, 0.717) is 10.2 Å². The van der Waals surface area contributed by atoms with Gasteiger partial charge in [-0.05, 0) is 123 Å². The van der Waals surface area contributed by atoms with Gasteiger partial charge in [0, 0.05) is 23.6 Å². The highest BCUT2D eigenvalue weighted by Gasteiger charge is 2.30. The van der Waals surface area contributed by atoms with Crippen LogP contribution in [0.5, 0.6) is 11.5 Å². The first-order chi connectivity index (χ1) is 35.9. The van der Waals surface area contributed by atoms with E-state index in [4.69, 9.17) is 9.47 Å². The van der Waals surface area contributed by atoms with Crippen molar-refractivity contribution in [3.8, 4) is 11.5 Å². The summed E-state index contributed by atoms with van der Waals surface area (Å²) < 4.78 is 76.0. The second kappa shape index (κ2) is 33.1. The molecule has 0 radical (unpaired) electrons. The summed E-state index contributed by atoms with van der Waals surface area (Å²) in [4.78, 5) is 17.9. The van der Waals surface area contributed by atoms with Crippen LogP contribution in [0.15, 0.2) is 187 Å². The summed E-state index contributed by atoms with van der Waals surface area (Å²) in [6, 6.07) is 53.6. The van der Waals surface area contributed by atoms with E-state index in [1.165, 1.54) is 87.2 Å². The monoisotopic (exact) mass is 1100 g/mol. The molecule has 0 aliphatic rings. The third-order valence-corrected chi connectivity index (χ3v) is 17.9. The highest BCUT2D eigenvalue weighted by molar-refractivity contribution is 7.97. The third kappa shape index (κ3) is 25.1. The third-order valence-electron chi connectivity index (χ3n) is 11.9. The number of quaternary nitrogens is 1. The van der Waals surface area contributed by atoms with Gasteiger partial charge >= 0.3 is 0 Å². The van der Waals surface area contributed by atoms with Crippen LogP contribution < -0.4 is 14.6 Å². The molecule has 0 saturated heterocycles. The molecule has 6 rings (SSSR count). The minimum atomic E-state index is -4.21. The normalized spacial score (nSPS) is 11.6. The van der Waals surface area contributed by atoms with Gasteiger partial charge in [0.1, 0.15) is 18.0 Å². The number of hydrogen-bond donors (Lipinski definition) is 0. The lowest BCUT2D eigenvalue weighted by molar-refractivity contribution is -0.885. The number of carboxylic acids is 1. The number of ether oxygens (including phenoxy) is 2. The first-order valence-corrected chi connectivity index (χ1v) is 31.5. The maximum absolute atomic E-state index is 10.8. The van der Waals surface area contributed by atoms with Crippen molar-refractivity contribution in [2.24, 2.45) is 0 Å². The van der Waals surface area contributed by atoms with Crippen LogP contribution in [0.2, 0.25) is 0 Å². The predicted molar refractivity (Wildman–Crippen MR) is 300 cm³/mol. The summed E-state index contributed by atoms with van der Waals surface area (Å²) in [6.45, 7) is 7.69. The second-order valence-corrected chi connectivity index (χ2v) is 26.1. The number of benzene rings is 6. The number of rotatable bonds is 29. The number of carbonyl (C=O) groups is 1. The second-order valence-electron chi connectivity index (χ2n) is 19.0. The molecule has 0 saturated carbocycles. The average molecular weight is 1100 g/mol. The van der Waals surface area contributed by atoms with Gasteiger partial charge in [0.25, 0.3) is 0 Å². The van der Waals surface area contributed by atoms with Crippen LogP contribution in [0.25, 0.3) is 0 Å². The molecule has 0 aliphatic carbocycles. The molecule has 15 heteroatoms. The van der Waals surface area contributed by atoms with Crippen LogP contribution >= 0.6 is 0 Å². The molecule has 0 aromatic heterocycles. The van der Waals surface area contributed by atoms with Crippen LogP contribution in [-0.4, -0.2) is 88.3 Å². The Morgan fingerprint density at radius 1 is 0.480 bits per heavy atom. The van der Waals surface area contributed by atoms with Crippen LogP contribution in [0, 0.1) is 13.8 Å². The quantitative estimate of drug-likeness (QED) is 0.0190. The van der Waals surface area contributed by atoms with Crippen molar-refractivity contribution in [3.63, 3.8) is 0 Å². The zero-order valence-electron chi connectivity index (χ0n) is 44.4. The molecule has 6 aromatic rings. The molecule has 0 spiro atoms. The largest absolute Gasteiger partial charge is 0.748 e. The molecule has 75 heavy (non-hydrogen) atoms. The highest BCUT2D eigenvalue weighted by Crippen LogP contribution is 2.36. The zero-order valence-corrected chi connectivity index (χ0v) is 47.7. The van der Waals surface area contributed by atoms with Crippen molar-refractivity contribution >= 4 is 48.0 Å². The molecule has 0 bridgehead atoms. The van der Waals surface area contributed by atoms with E-state index in [1.807, 2.05) is 101 Å². The Bertz CT molecular complexity index is 2660. The van der Waals surface area contributed by atoms with E-state index < -0.39 is 37.7 Å². The molecule has 0 aliphatic heterocycles. The van der Waals surface area contributed by atoms with Crippen LogP contribution in [0.4, 0.5) is 0 Å². The van der Waals surface area contributed by atoms with E-state index in [-0.39, 0.29) is 54.4 Å². The lowest BCUT2D eigenvalue weighted by atomic mass is 10.1. The summed E-state index contributed by atoms with van der Waals surface area (Å²) in [6.07, 6.45) is 13.6. The number of carbonyl (C=O) groups excluding carboxylic acids is 1. The topological polar surface area (TPSA) is 173 Å². The molecule has 0 amide bonds. The molecule has 406 valence electrons. The smallest absolute Gasteiger partial charge is 0.167 e. The maximum Gasteiger partial charge on any atom is 0.167 e. The predicted octanol–water partition coefficient (Wildman–Crippen LogP) is 11.5. The number of nitrogens with zero attached hydrogens (tertiary/aromatic N) is 1. The Kier molecular flexibility index (Phi) is 27.6. The zero-order chi connectivity index (χ0) is 54.5. The Balaban J connectivity index is 0.000000250. The number of hydrogen-bond acceptors (Lipinski definition) is 10. The molecule has 0 N–H and O–H groups in total. The van der Waals surface area contributed by atoms with Crippen LogP contribution in [0.1, 0.15) is 95.1 Å². The average Bonchev–Trinajstić information content (AvgIpc) is 3.37. The SMILES string of the molecule is CCCCCCCCCCCC[N+](C)(C)CC(=O)[O-].Cc1cc([S+](c2ccccc2)c2ccccc2)cc(C)c1OCCCS(=O)(=O)[O-].O=S(=O)([O-])CCCOc1ccc([S+](c2ccccc2)c2ccccc2)cc1. The van der Waals surface area contributed by atoms with Crippen LogP contribution in [-0.2, 0) is 46.8 Å². The van der Waals surface area contributed by atoms with Gasteiger partial charge in [-0.25, -0.2) is 16.8 Å². The number of aliphatic carboxylic acids is 1. The minimum absolute atomic E-state index is 0.122. The summed E-state index contributed by atoms with van der Waals surface area (Å²) in [7, 11) is -4.93. The van der Waals surface area contributed by atoms with Gasteiger partial charge in [0.2, 0.25) is 0 Å². The van der Waals surface area contributed by atoms with Crippen molar-refractivity contribution in [1.82, 2.24) is 0 Å². The van der Waals surface area contributed by atoms with Gasteiger partial charge in [-0.15, -0.1) is 0 Å². The van der Waals surface area contributed by atoms with Gasteiger partial charge < -0.3 is 33.0 Å². The van der Waals surface area contributed by atoms with E-state index in [2.05, 4.69) is 91.9 Å². The molecule has 6 aromatic carbocycles. The number of aryl methyl sites for hydroxylation is 2. The summed E-state index contributed by atoms with van der Waals surface area (Å²) in [5.74, 6) is -0.351. The summed E-state index contributed by atoms with van der Waals surface area (Å²) in [5.41, 5.74) is 1.99. The Morgan fingerprint density at radius 3 is 1.20 bits per heavy atom. The first kappa shape index (κ1) is 62.4. The van der Waals surface area contributed by atoms with Crippen molar-refractivity contribution in [2.75, 3.05) is 51.9 Å². The van der Waals surface area contributed by atoms with E-state index in [0.717, 1.165) is 29.8 Å². The maximum atomic E-state index is 10.8. The fourth-order valence-electron chi connectivity index (χ4n) is 8.26. The molecule has 0 unspecified atom stereocenters. The standard InChI is InChI=1S/C23H24O4S2.C21H20O4S2.C16H33NO2/c1-18-16-22(17-19(2)23(18)27-14-9-15-29(24,25)26)28(20-10-5-3-6-11-20)21-12-7-4-8-13-21;22-27(23,24)17-7-16-25-18-12-14-21(15-13-18)26(19-8-3-1-4-9-19)20-10-5-2-6-11-20;1-4-5-6-7-8-9-10-11-12-13-14-17(2,3)15-16(18)19/h3-8,10-13,16-17H,9,14-15H2,1-2H3;1-6,8-15H,7,16-17H2;4-15H2,1-3H3. The molecular weight excluding hydrogens is 1020 g/mol. The van der Waals surface area contributed by atoms with Crippen molar-refractivity contribution < 1.29 is 49.8 Å². The lowest BCUT2D eigenvalue weighted by Gasteiger charge is -2.30. The molecule has 0 heterocycles. The minimum Gasteiger partial charge on any atom is -0.748 e. The number of unbranched alkanes of at least 4 members (excludes halogenated alkanes) is 9. The lowest BCUT2D eigenvalue weighted by Crippen LogP contribution is -2.48. The molecule has 0 fully saturated rings. The fourth-order valence-corrected chi connectivity index (χ4v) is 13.6. The van der Waals surface area contributed by atoms with Crippen molar-refractivity contribution in [2.45, 2.75) is 127 Å². The number of carboxylic acid groups (broad SMARTS) is 1. The summed E-state index contributed by atoms with van der Waals surface area (Å²) in [5, 5.41) is 10.6. The Labute approximate surface area is 454 Å². The first-order valence-electron chi connectivity index (χ1n) is 25.9. The highest BCUT2D eigenvalue weighted by atomic mass is 32.2. The number of likely N-dealkylation sites (N-methyl/N-ethyl adjacent to an activating group) is 1. The Hall–Kier alpha value is -5.13. The van der Waals surface area contributed by atoms with E-state index in [1.54, 1.807) is 0 Å². The molecule has 11 nitrogen and oxygen atoms in total. The molecular formula is C60H77NO10S4.